The van der Waals surface area contributed by atoms with Gasteiger partial charge in [0, 0.05) is 18.0 Å². The lowest BCUT2D eigenvalue weighted by Gasteiger charge is -2.31. The van der Waals surface area contributed by atoms with Gasteiger partial charge in [-0.05, 0) is 24.6 Å². The molecule has 0 aromatic heterocycles. The third kappa shape index (κ3) is 2.33. The standard InChI is InChI=1S/C10H9Cl2NO.C2H6/c1-6-7(11)2-3-8(10(6)12)13-5-4-9(13)14;1-2/h2-3H,4-5H2,1H3;1-2H3. The molecule has 0 spiro atoms. The lowest BCUT2D eigenvalue weighted by Crippen LogP contribution is -2.43. The zero-order valence-corrected chi connectivity index (χ0v) is 11.2. The molecule has 4 heteroatoms. The van der Waals surface area contributed by atoms with Crippen LogP contribution in [0.2, 0.25) is 10.0 Å². The summed E-state index contributed by atoms with van der Waals surface area (Å²) in [6.07, 6.45) is 0.609. The number of benzene rings is 1. The Hall–Kier alpha value is -0.730. The van der Waals surface area contributed by atoms with Crippen molar-refractivity contribution in [1.29, 1.82) is 0 Å². The number of β-lactam (4-membered cyclic amide) rings is 1. The van der Waals surface area contributed by atoms with E-state index in [-0.39, 0.29) is 5.91 Å². The summed E-state index contributed by atoms with van der Waals surface area (Å²) in [4.78, 5) is 12.9. The summed E-state index contributed by atoms with van der Waals surface area (Å²) in [6, 6.07) is 3.55. The molecule has 1 fully saturated rings. The van der Waals surface area contributed by atoms with E-state index in [0.29, 0.717) is 16.5 Å². The van der Waals surface area contributed by atoms with E-state index < -0.39 is 0 Å². The summed E-state index contributed by atoms with van der Waals surface area (Å²) in [6.45, 7) is 6.60. The van der Waals surface area contributed by atoms with Gasteiger partial charge in [0.1, 0.15) is 0 Å². The van der Waals surface area contributed by atoms with Crippen LogP contribution in [0, 0.1) is 6.92 Å². The minimum atomic E-state index is 0.119. The number of carbonyl (C=O) groups excluding carboxylic acids is 1. The van der Waals surface area contributed by atoms with Crippen molar-refractivity contribution in [3.05, 3.63) is 27.7 Å². The zero-order chi connectivity index (χ0) is 12.3. The van der Waals surface area contributed by atoms with Gasteiger partial charge in [-0.3, -0.25) is 4.79 Å². The fraction of sp³-hybridized carbons (Fsp3) is 0.417. The topological polar surface area (TPSA) is 20.3 Å². The van der Waals surface area contributed by atoms with Crippen molar-refractivity contribution >= 4 is 34.8 Å². The fourth-order valence-electron chi connectivity index (χ4n) is 1.43. The molecule has 1 aliphatic rings. The average Bonchev–Trinajstić information content (AvgIpc) is 2.30. The molecule has 1 aromatic carbocycles. The van der Waals surface area contributed by atoms with E-state index in [1.165, 1.54) is 0 Å². The molecular weight excluding hydrogens is 245 g/mol. The van der Waals surface area contributed by atoms with E-state index in [9.17, 15) is 4.79 Å². The van der Waals surface area contributed by atoms with E-state index in [2.05, 4.69) is 0 Å². The monoisotopic (exact) mass is 259 g/mol. The Bertz CT molecular complexity index is 404. The first kappa shape index (κ1) is 13.3. The first-order valence-corrected chi connectivity index (χ1v) is 6.12. The molecule has 2 rings (SSSR count). The second-order valence-electron chi connectivity index (χ2n) is 3.30. The first-order chi connectivity index (χ1) is 7.61. The number of hydrogen-bond donors (Lipinski definition) is 0. The molecule has 1 aliphatic heterocycles. The van der Waals surface area contributed by atoms with Crippen LogP contribution in [0.4, 0.5) is 5.69 Å². The number of nitrogens with zero attached hydrogens (tertiary/aromatic N) is 1. The molecule has 0 atom stereocenters. The van der Waals surface area contributed by atoms with Crippen LogP contribution < -0.4 is 4.90 Å². The number of halogens is 2. The van der Waals surface area contributed by atoms with Crippen LogP contribution in [-0.4, -0.2) is 12.5 Å². The van der Waals surface area contributed by atoms with E-state index in [1.807, 2.05) is 20.8 Å². The molecule has 0 N–H and O–H groups in total. The predicted molar refractivity (Wildman–Crippen MR) is 69.5 cm³/mol. The maximum Gasteiger partial charge on any atom is 0.228 e. The van der Waals surface area contributed by atoms with Gasteiger partial charge in [-0.15, -0.1) is 0 Å². The minimum absolute atomic E-state index is 0.119. The molecule has 0 radical (unpaired) electrons. The lowest BCUT2D eigenvalue weighted by molar-refractivity contribution is -0.122. The van der Waals surface area contributed by atoms with Gasteiger partial charge in [0.15, 0.2) is 0 Å². The Kier molecular flexibility index (Phi) is 4.63. The molecule has 1 heterocycles. The normalized spacial score (nSPS) is 14.1. The highest BCUT2D eigenvalue weighted by atomic mass is 35.5. The van der Waals surface area contributed by atoms with Crippen LogP contribution in [0.1, 0.15) is 25.8 Å². The van der Waals surface area contributed by atoms with Crippen LogP contribution in [0.5, 0.6) is 0 Å². The number of amides is 1. The van der Waals surface area contributed by atoms with Crippen molar-refractivity contribution in [2.75, 3.05) is 11.4 Å². The van der Waals surface area contributed by atoms with E-state index >= 15 is 0 Å². The quantitative estimate of drug-likeness (QED) is 0.697. The van der Waals surface area contributed by atoms with Crippen molar-refractivity contribution in [3.63, 3.8) is 0 Å². The van der Waals surface area contributed by atoms with E-state index in [0.717, 1.165) is 17.8 Å². The number of rotatable bonds is 1. The highest BCUT2D eigenvalue weighted by Crippen LogP contribution is 2.35. The van der Waals surface area contributed by atoms with Gasteiger partial charge < -0.3 is 4.90 Å². The molecule has 2 nitrogen and oxygen atoms in total. The molecule has 0 saturated carbocycles. The molecule has 88 valence electrons. The van der Waals surface area contributed by atoms with E-state index in [4.69, 9.17) is 23.2 Å². The molecular formula is C12H15Cl2NO. The molecule has 0 unspecified atom stereocenters. The first-order valence-electron chi connectivity index (χ1n) is 5.36. The van der Waals surface area contributed by atoms with Crippen molar-refractivity contribution < 1.29 is 4.79 Å². The average molecular weight is 260 g/mol. The van der Waals surface area contributed by atoms with Crippen molar-refractivity contribution in [1.82, 2.24) is 0 Å². The Balaban J connectivity index is 0.000000606. The molecule has 1 amide bonds. The summed E-state index contributed by atoms with van der Waals surface area (Å²) in [7, 11) is 0. The highest BCUT2D eigenvalue weighted by molar-refractivity contribution is 6.38. The molecule has 1 aromatic rings. The molecule has 0 bridgehead atoms. The number of hydrogen-bond acceptors (Lipinski definition) is 1. The van der Waals surface area contributed by atoms with Crippen LogP contribution in [0.25, 0.3) is 0 Å². The Morgan fingerprint density at radius 2 is 1.88 bits per heavy atom. The van der Waals surface area contributed by atoms with Gasteiger partial charge in [-0.1, -0.05) is 37.0 Å². The van der Waals surface area contributed by atoms with Crippen LogP contribution in [0.3, 0.4) is 0 Å². The second kappa shape index (κ2) is 5.55. The van der Waals surface area contributed by atoms with Crippen molar-refractivity contribution in [3.8, 4) is 0 Å². The van der Waals surface area contributed by atoms with Gasteiger partial charge in [0.25, 0.3) is 0 Å². The van der Waals surface area contributed by atoms with Crippen LogP contribution in [-0.2, 0) is 4.79 Å². The predicted octanol–water partition coefficient (Wildman–Crippen LogP) is 4.06. The van der Waals surface area contributed by atoms with Gasteiger partial charge in [0.2, 0.25) is 5.91 Å². The van der Waals surface area contributed by atoms with E-state index in [1.54, 1.807) is 17.0 Å². The van der Waals surface area contributed by atoms with Crippen LogP contribution in [0.15, 0.2) is 12.1 Å². The third-order valence-electron chi connectivity index (χ3n) is 2.44. The highest BCUT2D eigenvalue weighted by Gasteiger charge is 2.27. The minimum Gasteiger partial charge on any atom is -0.310 e. The van der Waals surface area contributed by atoms with Gasteiger partial charge in [0.05, 0.1) is 10.7 Å². The van der Waals surface area contributed by atoms with Gasteiger partial charge >= 0.3 is 0 Å². The zero-order valence-electron chi connectivity index (χ0n) is 9.68. The maximum atomic E-state index is 11.2. The second-order valence-corrected chi connectivity index (χ2v) is 4.09. The van der Waals surface area contributed by atoms with Crippen LogP contribution >= 0.6 is 23.2 Å². The summed E-state index contributed by atoms with van der Waals surface area (Å²) < 4.78 is 0. The molecule has 16 heavy (non-hydrogen) atoms. The summed E-state index contributed by atoms with van der Waals surface area (Å²) >= 11 is 12.0. The van der Waals surface area contributed by atoms with Gasteiger partial charge in [-0.25, -0.2) is 0 Å². The van der Waals surface area contributed by atoms with Crippen molar-refractivity contribution in [2.24, 2.45) is 0 Å². The SMILES string of the molecule is CC.Cc1c(Cl)ccc(N2CCC2=O)c1Cl. The Morgan fingerprint density at radius 3 is 2.31 bits per heavy atom. The number of carbonyl (C=O) groups is 1. The molecule has 0 aliphatic carbocycles. The summed E-state index contributed by atoms with van der Waals surface area (Å²) in [5.41, 5.74) is 1.59. The summed E-state index contributed by atoms with van der Waals surface area (Å²) in [5, 5.41) is 1.21. The lowest BCUT2D eigenvalue weighted by atomic mass is 10.1. The van der Waals surface area contributed by atoms with Crippen molar-refractivity contribution in [2.45, 2.75) is 27.2 Å². The third-order valence-corrected chi connectivity index (χ3v) is 3.33. The largest absolute Gasteiger partial charge is 0.310 e. The Labute approximate surface area is 106 Å². The fourth-order valence-corrected chi connectivity index (χ4v) is 1.90. The van der Waals surface area contributed by atoms with Gasteiger partial charge in [-0.2, -0.15) is 0 Å². The summed E-state index contributed by atoms with van der Waals surface area (Å²) in [5.74, 6) is 0.119. The molecule has 1 saturated heterocycles. The maximum absolute atomic E-state index is 11.2. The number of anilines is 1. The Morgan fingerprint density at radius 1 is 1.25 bits per heavy atom. The smallest absolute Gasteiger partial charge is 0.228 e.